The standard InChI is InChI=1S/C23H26N6O2.C14H14N4O2S.C10H16N2O/c1-28(2)11-12-31-20-9-7-18(8-10-20)26-23-25-15-17-13-16(14-24)22(30)29(21(17)27-23)19-5-3-4-6-19;1-21(20)14-16-8-10-6-9(7-15)13(19)18(12(10)17-14)11-4-2-3-5-11;1-12(2)7-8-13-10-5-3-9(11)4-6-10/h7-10,13,15,19H,3-6,11-12H2,1-2H3,(H,25,26,27);6,8,11H,2-5H2,1H3;3-6H,7-8,11H2,1-2H3. The number of nitrogens with two attached hydrogens (primary N) is 1. The minimum atomic E-state index is -1.31. The lowest BCUT2D eigenvalue weighted by molar-refractivity contribution is 0.261. The maximum Gasteiger partial charge on any atom is 0.270 e. The van der Waals surface area contributed by atoms with Gasteiger partial charge in [0.25, 0.3) is 11.1 Å². The molecule has 65 heavy (non-hydrogen) atoms. The molecule has 0 radical (unpaired) electrons. The van der Waals surface area contributed by atoms with E-state index in [9.17, 15) is 19.1 Å². The van der Waals surface area contributed by atoms with Crippen LogP contribution in [-0.2, 0) is 10.8 Å². The predicted molar refractivity (Wildman–Crippen MR) is 253 cm³/mol. The second-order valence-electron chi connectivity index (χ2n) is 16.4. The summed E-state index contributed by atoms with van der Waals surface area (Å²) in [7, 11) is 6.74. The molecule has 340 valence electrons. The van der Waals surface area contributed by atoms with Crippen LogP contribution in [0.25, 0.3) is 22.1 Å². The SMILES string of the molecule is CN(C)CCOc1ccc(N)cc1.CN(C)CCOc1ccc(Nc2ncc3cc(C#N)c(=O)n(C4CCCC4)c3n2)cc1.CS(=O)c1ncc2cc(C#N)c(=O)n(C3CCCC3)c2n1. The van der Waals surface area contributed by atoms with Crippen molar-refractivity contribution in [1.82, 2.24) is 38.9 Å². The number of fused-ring (bicyclic) bond motifs is 2. The third-order valence-electron chi connectivity index (χ3n) is 11.0. The number of rotatable bonds is 13. The van der Waals surface area contributed by atoms with Crippen LogP contribution in [0.4, 0.5) is 17.3 Å². The maximum atomic E-state index is 12.9. The van der Waals surface area contributed by atoms with Crippen molar-refractivity contribution in [3.05, 3.63) is 105 Å². The molecule has 2 aliphatic rings. The normalized spacial score (nSPS) is 14.3. The number of hydrogen-bond acceptors (Lipinski definition) is 15. The summed E-state index contributed by atoms with van der Waals surface area (Å²) in [4.78, 5) is 46.9. The molecule has 1 unspecified atom stereocenters. The van der Waals surface area contributed by atoms with Gasteiger partial charge in [0.15, 0.2) is 0 Å². The Morgan fingerprint density at radius 2 is 1.17 bits per heavy atom. The van der Waals surface area contributed by atoms with E-state index in [1.165, 1.54) is 18.5 Å². The van der Waals surface area contributed by atoms with E-state index in [1.807, 2.05) is 88.9 Å². The average molecular weight is 901 g/mol. The highest BCUT2D eigenvalue weighted by molar-refractivity contribution is 7.84. The number of nitrogens with zero attached hydrogens (tertiary/aromatic N) is 10. The maximum absolute atomic E-state index is 12.9. The zero-order valence-electron chi connectivity index (χ0n) is 37.6. The molecule has 0 bridgehead atoms. The van der Waals surface area contributed by atoms with Gasteiger partial charge < -0.3 is 30.3 Å². The van der Waals surface area contributed by atoms with E-state index in [4.69, 9.17) is 20.5 Å². The summed E-state index contributed by atoms with van der Waals surface area (Å²) in [6.45, 7) is 3.10. The van der Waals surface area contributed by atoms with E-state index in [1.54, 1.807) is 21.4 Å². The fourth-order valence-electron chi connectivity index (χ4n) is 7.61. The first-order chi connectivity index (χ1) is 31.3. The largest absolute Gasteiger partial charge is 0.492 e. The molecular formula is C47H56N12O5S. The minimum absolute atomic E-state index is 0.0568. The van der Waals surface area contributed by atoms with Crippen LogP contribution >= 0.6 is 0 Å². The fraction of sp³-hybridized carbons (Fsp3) is 0.404. The number of benzene rings is 2. The molecule has 8 rings (SSSR count). The molecule has 17 nitrogen and oxygen atoms in total. The van der Waals surface area contributed by atoms with Gasteiger partial charge in [-0.15, -0.1) is 0 Å². The van der Waals surface area contributed by atoms with E-state index in [0.717, 1.165) is 87.3 Å². The van der Waals surface area contributed by atoms with Gasteiger partial charge in [0.1, 0.15) is 59.3 Å². The summed E-state index contributed by atoms with van der Waals surface area (Å²) in [6, 6.07) is 22.2. The molecular weight excluding hydrogens is 845 g/mol. The van der Waals surface area contributed by atoms with Crippen LogP contribution < -0.4 is 31.6 Å². The van der Waals surface area contributed by atoms with E-state index in [2.05, 4.69) is 35.1 Å². The lowest BCUT2D eigenvalue weighted by Crippen LogP contribution is -2.27. The van der Waals surface area contributed by atoms with Crippen molar-refractivity contribution in [1.29, 1.82) is 10.5 Å². The summed E-state index contributed by atoms with van der Waals surface area (Å²) in [6.07, 6.45) is 12.6. The Morgan fingerprint density at radius 1 is 0.723 bits per heavy atom. The van der Waals surface area contributed by atoms with Gasteiger partial charge in [-0.3, -0.25) is 22.9 Å². The monoisotopic (exact) mass is 900 g/mol. The van der Waals surface area contributed by atoms with Crippen LogP contribution in [0, 0.1) is 22.7 Å². The predicted octanol–water partition coefficient (Wildman–Crippen LogP) is 6.19. The van der Waals surface area contributed by atoms with Crippen LogP contribution in [0.1, 0.15) is 74.6 Å². The summed E-state index contributed by atoms with van der Waals surface area (Å²) < 4.78 is 26.1. The van der Waals surface area contributed by atoms with Crippen molar-refractivity contribution in [2.45, 2.75) is 68.6 Å². The molecule has 0 amide bonds. The number of anilines is 3. The molecule has 1 atom stereocenters. The molecule has 4 aromatic heterocycles. The highest BCUT2D eigenvalue weighted by Crippen LogP contribution is 2.32. The molecule has 18 heteroatoms. The fourth-order valence-corrected chi connectivity index (χ4v) is 8.02. The van der Waals surface area contributed by atoms with Gasteiger partial charge in [0.05, 0.1) is 10.8 Å². The Bertz CT molecular complexity index is 2790. The molecule has 6 aromatic rings. The first-order valence-electron chi connectivity index (χ1n) is 21.6. The molecule has 2 fully saturated rings. The molecule has 0 spiro atoms. The number of nitrogen functional groups attached to an aromatic ring is 1. The Hall–Kier alpha value is -6.73. The molecule has 0 saturated heterocycles. The lowest BCUT2D eigenvalue weighted by Gasteiger charge is -2.17. The van der Waals surface area contributed by atoms with Crippen molar-refractivity contribution >= 4 is 50.2 Å². The topological polar surface area (TPSA) is 223 Å². The zero-order valence-corrected chi connectivity index (χ0v) is 38.4. The summed E-state index contributed by atoms with van der Waals surface area (Å²) in [5.74, 6) is 2.08. The van der Waals surface area contributed by atoms with E-state index >= 15 is 0 Å². The number of pyridine rings is 2. The van der Waals surface area contributed by atoms with Gasteiger partial charge in [-0.05, 0) is 115 Å². The molecule has 2 aliphatic carbocycles. The van der Waals surface area contributed by atoms with E-state index in [0.29, 0.717) is 41.2 Å². The van der Waals surface area contributed by atoms with Gasteiger partial charge in [0.2, 0.25) is 11.1 Å². The Morgan fingerprint density at radius 3 is 1.62 bits per heavy atom. The Kier molecular flexibility index (Phi) is 16.7. The van der Waals surface area contributed by atoms with E-state index in [-0.39, 0.29) is 39.5 Å². The van der Waals surface area contributed by atoms with Crippen molar-refractivity contribution < 1.29 is 13.7 Å². The van der Waals surface area contributed by atoms with Crippen molar-refractivity contribution in [2.75, 3.05) is 71.8 Å². The Labute approximate surface area is 380 Å². The van der Waals surface area contributed by atoms with Crippen LogP contribution in [0.15, 0.2) is 87.8 Å². The third-order valence-corrected chi connectivity index (χ3v) is 11.7. The lowest BCUT2D eigenvalue weighted by atomic mass is 10.2. The smallest absolute Gasteiger partial charge is 0.270 e. The molecule has 3 N–H and O–H groups in total. The van der Waals surface area contributed by atoms with Crippen LogP contribution in [0.5, 0.6) is 11.5 Å². The van der Waals surface area contributed by atoms with Crippen molar-refractivity contribution in [3.8, 4) is 23.6 Å². The Balaban J connectivity index is 0.000000177. The number of nitriles is 2. The van der Waals surface area contributed by atoms with Crippen LogP contribution in [0.2, 0.25) is 0 Å². The summed E-state index contributed by atoms with van der Waals surface area (Å²) in [5.41, 5.74) is 7.81. The average Bonchev–Trinajstić information content (AvgIpc) is 4.03. The first-order valence-corrected chi connectivity index (χ1v) is 23.2. The highest BCUT2D eigenvalue weighted by atomic mass is 32.2. The van der Waals surface area contributed by atoms with Gasteiger partial charge in [-0.2, -0.15) is 15.5 Å². The van der Waals surface area contributed by atoms with Crippen molar-refractivity contribution in [2.24, 2.45) is 0 Å². The molecule has 2 aromatic carbocycles. The second-order valence-corrected chi connectivity index (χ2v) is 17.7. The number of nitrogens with one attached hydrogen (secondary N) is 1. The van der Waals surface area contributed by atoms with E-state index < -0.39 is 10.8 Å². The third kappa shape index (κ3) is 12.7. The van der Waals surface area contributed by atoms with Crippen molar-refractivity contribution in [3.63, 3.8) is 0 Å². The molecule has 4 heterocycles. The first kappa shape index (κ1) is 47.7. The van der Waals surface area contributed by atoms with Gasteiger partial charge in [-0.1, -0.05) is 25.7 Å². The quantitative estimate of drug-likeness (QED) is 0.0975. The summed E-state index contributed by atoms with van der Waals surface area (Å²) in [5, 5.41) is 23.2. The van der Waals surface area contributed by atoms with Crippen LogP contribution in [-0.4, -0.2) is 104 Å². The highest BCUT2D eigenvalue weighted by Gasteiger charge is 2.24. The second kappa shape index (κ2) is 22.8. The number of hydrogen-bond donors (Lipinski definition) is 2. The van der Waals surface area contributed by atoms with Gasteiger partial charge >= 0.3 is 0 Å². The van der Waals surface area contributed by atoms with Crippen LogP contribution in [0.3, 0.4) is 0 Å². The van der Waals surface area contributed by atoms with Gasteiger partial charge in [0, 0.05) is 66.0 Å². The number of likely N-dealkylation sites (N-methyl/N-ethyl adjacent to an activating group) is 2. The molecule has 0 aliphatic heterocycles. The summed E-state index contributed by atoms with van der Waals surface area (Å²) >= 11 is 0. The number of ether oxygens (including phenoxy) is 2. The zero-order chi connectivity index (χ0) is 46.5. The molecule has 2 saturated carbocycles. The number of aromatic nitrogens is 6. The van der Waals surface area contributed by atoms with Gasteiger partial charge in [-0.25, -0.2) is 15.0 Å². The minimum Gasteiger partial charge on any atom is -0.492 e.